The van der Waals surface area contributed by atoms with Gasteiger partial charge in [-0.1, -0.05) is 54.6 Å². The van der Waals surface area contributed by atoms with E-state index in [1.807, 2.05) is 12.1 Å². The Morgan fingerprint density at radius 2 is 1.16 bits per heavy atom. The number of benzene rings is 3. The maximum Gasteiger partial charge on any atom is 0.573 e. The molecule has 0 bridgehead atoms. The lowest BCUT2D eigenvalue weighted by Gasteiger charge is -2.36. The molecule has 1 N–H and O–H groups in total. The van der Waals surface area contributed by atoms with Gasteiger partial charge < -0.3 is 14.8 Å². The molecule has 38 heavy (non-hydrogen) atoms. The summed E-state index contributed by atoms with van der Waals surface area (Å²) >= 11 is 0. The fourth-order valence-corrected chi connectivity index (χ4v) is 4.18. The first kappa shape index (κ1) is 26.8. The van der Waals surface area contributed by atoms with Gasteiger partial charge in [0.1, 0.15) is 11.5 Å². The van der Waals surface area contributed by atoms with Gasteiger partial charge in [0.2, 0.25) is 5.95 Å². The monoisotopic (exact) mass is 533 g/mol. The summed E-state index contributed by atoms with van der Waals surface area (Å²) in [5.74, 6) is -0.701. The molecule has 1 heterocycles. The van der Waals surface area contributed by atoms with Gasteiger partial charge in [0, 0.05) is 24.4 Å². The van der Waals surface area contributed by atoms with Gasteiger partial charge in [0.15, 0.2) is 0 Å². The van der Waals surface area contributed by atoms with Gasteiger partial charge in [-0.15, -0.1) is 26.3 Å². The van der Waals surface area contributed by atoms with E-state index >= 15 is 0 Å². The molecule has 198 valence electrons. The normalized spacial score (nSPS) is 12.2. The van der Waals surface area contributed by atoms with Gasteiger partial charge in [0.25, 0.3) is 0 Å². The number of anilines is 1. The van der Waals surface area contributed by atoms with Crippen molar-refractivity contribution < 1.29 is 35.8 Å². The van der Waals surface area contributed by atoms with E-state index in [-0.39, 0.29) is 18.9 Å². The molecule has 11 heteroatoms. The third kappa shape index (κ3) is 7.15. The largest absolute Gasteiger partial charge is 0.573 e. The molecule has 1 aromatic heterocycles. The number of nitrogens with one attached hydrogen (secondary N) is 1. The number of aromatic nitrogens is 2. The predicted octanol–water partition coefficient (Wildman–Crippen LogP) is 6.91. The standard InChI is InChI=1S/C27H21F6N3O2/c28-26(29,30)37-22-11-4-9-20(15-22)25(17-19-7-2-1-3-8-19,18-36-24-34-13-6-14-35-24)21-10-5-12-23(16-21)38-27(31,32)33/h1-16H,17-18H2,(H,34,35,36). The van der Waals surface area contributed by atoms with Gasteiger partial charge in [-0.05, 0) is 53.4 Å². The summed E-state index contributed by atoms with van der Waals surface area (Å²) in [7, 11) is 0. The Morgan fingerprint density at radius 3 is 1.66 bits per heavy atom. The molecular weight excluding hydrogens is 512 g/mol. The molecule has 0 aliphatic carbocycles. The summed E-state index contributed by atoms with van der Waals surface area (Å²) in [6.45, 7) is 0.0108. The molecule has 4 aromatic rings. The van der Waals surface area contributed by atoms with Crippen LogP contribution in [0.3, 0.4) is 0 Å². The Kier molecular flexibility index (Phi) is 7.75. The molecule has 0 fully saturated rings. The zero-order valence-corrected chi connectivity index (χ0v) is 19.6. The molecule has 4 rings (SSSR count). The quantitative estimate of drug-likeness (QED) is 0.237. The lowest BCUT2D eigenvalue weighted by molar-refractivity contribution is -0.275. The van der Waals surface area contributed by atoms with Crippen molar-refractivity contribution in [3.63, 3.8) is 0 Å². The molecule has 0 spiro atoms. The molecule has 5 nitrogen and oxygen atoms in total. The Morgan fingerprint density at radius 1 is 0.632 bits per heavy atom. The molecule has 0 amide bonds. The van der Waals surface area contributed by atoms with Gasteiger partial charge in [-0.25, -0.2) is 9.97 Å². The van der Waals surface area contributed by atoms with Crippen molar-refractivity contribution in [1.82, 2.24) is 9.97 Å². The third-order valence-electron chi connectivity index (χ3n) is 5.70. The van der Waals surface area contributed by atoms with E-state index in [0.717, 1.165) is 17.7 Å². The predicted molar refractivity (Wildman–Crippen MR) is 128 cm³/mol. The van der Waals surface area contributed by atoms with E-state index < -0.39 is 29.6 Å². The smallest absolute Gasteiger partial charge is 0.406 e. The first-order valence-corrected chi connectivity index (χ1v) is 11.3. The molecule has 0 unspecified atom stereocenters. The Bertz CT molecular complexity index is 1270. The van der Waals surface area contributed by atoms with E-state index in [0.29, 0.717) is 11.1 Å². The minimum absolute atomic E-state index is 0.0108. The van der Waals surface area contributed by atoms with Crippen molar-refractivity contribution in [2.75, 3.05) is 11.9 Å². The van der Waals surface area contributed by atoms with E-state index in [1.54, 1.807) is 36.4 Å². The molecule has 0 saturated heterocycles. The second-order valence-electron chi connectivity index (χ2n) is 8.32. The summed E-state index contributed by atoms with van der Waals surface area (Å²) in [5, 5.41) is 3.09. The first-order chi connectivity index (χ1) is 18.0. The van der Waals surface area contributed by atoms with Crippen LogP contribution >= 0.6 is 0 Å². The van der Waals surface area contributed by atoms with Gasteiger partial charge in [-0.2, -0.15) is 0 Å². The van der Waals surface area contributed by atoms with E-state index in [4.69, 9.17) is 0 Å². The Labute approximate surface area is 214 Å². The zero-order chi connectivity index (χ0) is 27.2. The molecule has 0 saturated carbocycles. The van der Waals surface area contributed by atoms with Crippen LogP contribution in [0.1, 0.15) is 16.7 Å². The first-order valence-electron chi connectivity index (χ1n) is 11.3. The van der Waals surface area contributed by atoms with Gasteiger partial charge in [0.05, 0.1) is 0 Å². The van der Waals surface area contributed by atoms with Crippen LogP contribution in [0.15, 0.2) is 97.3 Å². The van der Waals surface area contributed by atoms with Crippen LogP contribution in [0, 0.1) is 0 Å². The molecule has 0 aliphatic rings. The van der Waals surface area contributed by atoms with E-state index in [9.17, 15) is 26.3 Å². The van der Waals surface area contributed by atoms with Crippen LogP contribution in [0.25, 0.3) is 0 Å². The number of halogens is 6. The average molecular weight is 533 g/mol. The van der Waals surface area contributed by atoms with Crippen LogP contribution in [-0.2, 0) is 11.8 Å². The summed E-state index contributed by atoms with van der Waals surface area (Å²) < 4.78 is 86.6. The number of rotatable bonds is 9. The Hall–Kier alpha value is -4.28. The van der Waals surface area contributed by atoms with Crippen molar-refractivity contribution in [1.29, 1.82) is 0 Å². The molecular formula is C27H21F6N3O2. The van der Waals surface area contributed by atoms with Crippen molar-refractivity contribution in [3.8, 4) is 11.5 Å². The molecule has 3 aromatic carbocycles. The highest BCUT2D eigenvalue weighted by molar-refractivity contribution is 5.49. The van der Waals surface area contributed by atoms with Crippen molar-refractivity contribution in [2.24, 2.45) is 0 Å². The number of ether oxygens (including phenoxy) is 2. The number of hydrogen-bond acceptors (Lipinski definition) is 5. The number of alkyl halides is 6. The second kappa shape index (κ2) is 11.0. The molecule has 0 aliphatic heterocycles. The molecule has 0 radical (unpaired) electrons. The zero-order valence-electron chi connectivity index (χ0n) is 19.6. The second-order valence-corrected chi connectivity index (χ2v) is 8.32. The van der Waals surface area contributed by atoms with Crippen molar-refractivity contribution in [2.45, 2.75) is 24.6 Å². The SMILES string of the molecule is FC(F)(F)Oc1cccc(C(CNc2ncccn2)(Cc2ccccc2)c2cccc(OC(F)(F)F)c2)c1. The lowest BCUT2D eigenvalue weighted by atomic mass is 9.70. The number of nitrogens with zero attached hydrogens (tertiary/aromatic N) is 2. The van der Waals surface area contributed by atoms with Crippen LogP contribution < -0.4 is 14.8 Å². The minimum Gasteiger partial charge on any atom is -0.406 e. The lowest BCUT2D eigenvalue weighted by Crippen LogP contribution is -2.38. The Balaban J connectivity index is 1.89. The van der Waals surface area contributed by atoms with Gasteiger partial charge in [-0.3, -0.25) is 0 Å². The minimum atomic E-state index is -4.93. The highest BCUT2D eigenvalue weighted by Gasteiger charge is 2.38. The maximum atomic E-state index is 13.0. The highest BCUT2D eigenvalue weighted by Crippen LogP contribution is 2.40. The third-order valence-corrected chi connectivity index (χ3v) is 5.70. The fourth-order valence-electron chi connectivity index (χ4n) is 4.18. The van der Waals surface area contributed by atoms with Crippen LogP contribution in [-0.4, -0.2) is 29.2 Å². The van der Waals surface area contributed by atoms with Crippen molar-refractivity contribution >= 4 is 5.95 Å². The van der Waals surface area contributed by atoms with Crippen LogP contribution in [0.4, 0.5) is 32.3 Å². The maximum absolute atomic E-state index is 13.0. The average Bonchev–Trinajstić information content (AvgIpc) is 2.86. The highest BCUT2D eigenvalue weighted by atomic mass is 19.4. The fraction of sp³-hybridized carbons (Fsp3) is 0.185. The summed E-state index contributed by atoms with van der Waals surface area (Å²) in [6.07, 6.45) is -6.67. The van der Waals surface area contributed by atoms with Crippen LogP contribution in [0.2, 0.25) is 0 Å². The summed E-state index contributed by atoms with van der Waals surface area (Å²) in [6, 6.07) is 21.4. The van der Waals surface area contributed by atoms with Gasteiger partial charge >= 0.3 is 12.7 Å². The summed E-state index contributed by atoms with van der Waals surface area (Å²) in [4.78, 5) is 8.28. The molecule has 0 atom stereocenters. The number of hydrogen-bond donors (Lipinski definition) is 1. The van der Waals surface area contributed by atoms with Crippen molar-refractivity contribution in [3.05, 3.63) is 114 Å². The van der Waals surface area contributed by atoms with E-state index in [2.05, 4.69) is 24.8 Å². The topological polar surface area (TPSA) is 56.3 Å². The van der Waals surface area contributed by atoms with Crippen LogP contribution in [0.5, 0.6) is 11.5 Å². The van der Waals surface area contributed by atoms with E-state index in [1.165, 1.54) is 36.7 Å². The summed E-state index contributed by atoms with van der Waals surface area (Å²) in [5.41, 5.74) is 0.287.